The van der Waals surface area contributed by atoms with Crippen molar-refractivity contribution in [3.05, 3.63) is 34.7 Å². The van der Waals surface area contributed by atoms with Crippen LogP contribution < -0.4 is 5.32 Å². The van der Waals surface area contributed by atoms with Crippen molar-refractivity contribution in [2.24, 2.45) is 0 Å². The van der Waals surface area contributed by atoms with E-state index in [2.05, 4.69) is 21.4 Å². The number of aryl methyl sites for hydroxylation is 1. The van der Waals surface area contributed by atoms with Crippen molar-refractivity contribution in [2.45, 2.75) is 13.5 Å². The van der Waals surface area contributed by atoms with E-state index in [0.717, 1.165) is 16.6 Å². The fourth-order valence-corrected chi connectivity index (χ4v) is 1.77. The van der Waals surface area contributed by atoms with Crippen LogP contribution >= 0.6 is 11.6 Å². The molecule has 0 aliphatic carbocycles. The molecule has 2 rings (SSSR count). The molecule has 2 aromatic rings. The summed E-state index contributed by atoms with van der Waals surface area (Å²) >= 11 is 5.86. The number of fused-ring (bicyclic) bond motifs is 1. The first kappa shape index (κ1) is 10.3. The van der Waals surface area contributed by atoms with E-state index in [4.69, 9.17) is 11.6 Å². The third-order valence-electron chi connectivity index (χ3n) is 2.25. The molecule has 1 aromatic carbocycles. The fraction of sp³-hybridized carbons (Fsp3) is 0.273. The van der Waals surface area contributed by atoms with Crippen molar-refractivity contribution >= 4 is 22.5 Å². The SMILES string of the molecule is CNCc1nc(Cl)nc2cc(C)ccc12. The van der Waals surface area contributed by atoms with Crippen LogP contribution in [0.25, 0.3) is 10.9 Å². The Kier molecular flexibility index (Phi) is 2.84. The Morgan fingerprint density at radius 3 is 2.87 bits per heavy atom. The van der Waals surface area contributed by atoms with E-state index in [-0.39, 0.29) is 0 Å². The van der Waals surface area contributed by atoms with Gasteiger partial charge in [0.15, 0.2) is 0 Å². The molecule has 0 unspecified atom stereocenters. The van der Waals surface area contributed by atoms with Crippen LogP contribution in [0.5, 0.6) is 0 Å². The highest BCUT2D eigenvalue weighted by Crippen LogP contribution is 2.19. The van der Waals surface area contributed by atoms with E-state index in [1.165, 1.54) is 5.56 Å². The van der Waals surface area contributed by atoms with Crippen LogP contribution in [0.1, 0.15) is 11.3 Å². The van der Waals surface area contributed by atoms with Gasteiger partial charge in [0, 0.05) is 11.9 Å². The topological polar surface area (TPSA) is 37.8 Å². The third-order valence-corrected chi connectivity index (χ3v) is 2.42. The van der Waals surface area contributed by atoms with E-state index in [1.807, 2.05) is 26.1 Å². The van der Waals surface area contributed by atoms with Crippen LogP contribution in [0.3, 0.4) is 0 Å². The standard InChI is InChI=1S/C11H12ClN3/c1-7-3-4-8-9(5-7)14-11(12)15-10(8)6-13-2/h3-5,13H,6H2,1-2H3. The van der Waals surface area contributed by atoms with Crippen molar-refractivity contribution < 1.29 is 0 Å². The molecular formula is C11H12ClN3. The largest absolute Gasteiger partial charge is 0.314 e. The Morgan fingerprint density at radius 2 is 2.13 bits per heavy atom. The molecule has 0 amide bonds. The van der Waals surface area contributed by atoms with Crippen LogP contribution in [-0.4, -0.2) is 17.0 Å². The molecular weight excluding hydrogens is 210 g/mol. The Labute approximate surface area is 93.5 Å². The number of rotatable bonds is 2. The highest BCUT2D eigenvalue weighted by atomic mass is 35.5. The van der Waals surface area contributed by atoms with Crippen molar-refractivity contribution in [1.82, 2.24) is 15.3 Å². The highest BCUT2D eigenvalue weighted by Gasteiger charge is 2.05. The monoisotopic (exact) mass is 221 g/mol. The van der Waals surface area contributed by atoms with Crippen molar-refractivity contribution in [3.8, 4) is 0 Å². The van der Waals surface area contributed by atoms with Crippen molar-refractivity contribution in [3.63, 3.8) is 0 Å². The molecule has 0 saturated heterocycles. The first-order chi connectivity index (χ1) is 7.20. The second kappa shape index (κ2) is 4.13. The average molecular weight is 222 g/mol. The van der Waals surface area contributed by atoms with Crippen molar-refractivity contribution in [1.29, 1.82) is 0 Å². The van der Waals surface area contributed by atoms with Crippen LogP contribution in [0.15, 0.2) is 18.2 Å². The molecule has 78 valence electrons. The van der Waals surface area contributed by atoms with E-state index in [9.17, 15) is 0 Å². The maximum absolute atomic E-state index is 5.86. The molecule has 4 heteroatoms. The molecule has 0 aliphatic heterocycles. The Morgan fingerprint density at radius 1 is 1.33 bits per heavy atom. The predicted octanol–water partition coefficient (Wildman–Crippen LogP) is 2.31. The molecule has 3 nitrogen and oxygen atoms in total. The summed E-state index contributed by atoms with van der Waals surface area (Å²) in [6, 6.07) is 6.11. The lowest BCUT2D eigenvalue weighted by molar-refractivity contribution is 0.795. The summed E-state index contributed by atoms with van der Waals surface area (Å²) in [5, 5.41) is 4.43. The molecule has 0 radical (unpaired) electrons. The molecule has 0 bridgehead atoms. The zero-order valence-corrected chi connectivity index (χ0v) is 9.47. The normalized spacial score (nSPS) is 10.9. The van der Waals surface area contributed by atoms with Gasteiger partial charge in [0.2, 0.25) is 5.28 Å². The predicted molar refractivity (Wildman–Crippen MR) is 62.0 cm³/mol. The van der Waals surface area contributed by atoms with Crippen molar-refractivity contribution in [2.75, 3.05) is 7.05 Å². The number of halogens is 1. The summed E-state index contributed by atoms with van der Waals surface area (Å²) in [5.74, 6) is 0. The molecule has 1 aromatic heterocycles. The maximum atomic E-state index is 5.86. The first-order valence-corrected chi connectivity index (χ1v) is 5.16. The summed E-state index contributed by atoms with van der Waals surface area (Å²) in [7, 11) is 1.88. The lowest BCUT2D eigenvalue weighted by Gasteiger charge is -2.05. The van der Waals surface area contributed by atoms with E-state index in [0.29, 0.717) is 11.8 Å². The number of hydrogen-bond acceptors (Lipinski definition) is 3. The highest BCUT2D eigenvalue weighted by molar-refractivity contribution is 6.28. The molecule has 1 heterocycles. The van der Waals surface area contributed by atoms with Gasteiger partial charge in [0.05, 0.1) is 11.2 Å². The third kappa shape index (κ3) is 2.08. The van der Waals surface area contributed by atoms with Gasteiger partial charge in [-0.25, -0.2) is 9.97 Å². The Hall–Kier alpha value is -1.19. The Balaban J connectivity index is 2.68. The smallest absolute Gasteiger partial charge is 0.223 e. The number of nitrogens with one attached hydrogen (secondary N) is 1. The second-order valence-corrected chi connectivity index (χ2v) is 3.83. The zero-order chi connectivity index (χ0) is 10.8. The van der Waals surface area contributed by atoms with Gasteiger partial charge in [-0.2, -0.15) is 0 Å². The van der Waals surface area contributed by atoms with Gasteiger partial charge >= 0.3 is 0 Å². The molecule has 0 saturated carbocycles. The van der Waals surface area contributed by atoms with Crippen LogP contribution in [0, 0.1) is 6.92 Å². The van der Waals surface area contributed by atoms with E-state index >= 15 is 0 Å². The van der Waals surface area contributed by atoms with Gasteiger partial charge in [-0.1, -0.05) is 12.1 Å². The van der Waals surface area contributed by atoms with Crippen LogP contribution in [0.4, 0.5) is 0 Å². The number of hydrogen-bond donors (Lipinski definition) is 1. The minimum atomic E-state index is 0.304. The average Bonchev–Trinajstić information content (AvgIpc) is 2.17. The van der Waals surface area contributed by atoms with Gasteiger partial charge in [-0.15, -0.1) is 0 Å². The molecule has 0 fully saturated rings. The maximum Gasteiger partial charge on any atom is 0.223 e. The minimum absolute atomic E-state index is 0.304. The lowest BCUT2D eigenvalue weighted by Crippen LogP contribution is -2.08. The lowest BCUT2D eigenvalue weighted by atomic mass is 10.1. The van der Waals surface area contributed by atoms with Gasteiger partial charge in [-0.3, -0.25) is 0 Å². The molecule has 0 aliphatic rings. The van der Waals surface area contributed by atoms with Crippen LogP contribution in [-0.2, 0) is 6.54 Å². The zero-order valence-electron chi connectivity index (χ0n) is 8.71. The van der Waals surface area contributed by atoms with Gasteiger partial charge in [-0.05, 0) is 37.2 Å². The number of benzene rings is 1. The molecule has 0 atom stereocenters. The minimum Gasteiger partial charge on any atom is -0.314 e. The molecule has 15 heavy (non-hydrogen) atoms. The van der Waals surface area contributed by atoms with Crippen LogP contribution in [0.2, 0.25) is 5.28 Å². The molecule has 0 spiro atoms. The first-order valence-electron chi connectivity index (χ1n) is 4.78. The van der Waals surface area contributed by atoms with E-state index in [1.54, 1.807) is 0 Å². The number of aromatic nitrogens is 2. The second-order valence-electron chi connectivity index (χ2n) is 3.49. The van der Waals surface area contributed by atoms with Gasteiger partial charge < -0.3 is 5.32 Å². The summed E-state index contributed by atoms with van der Waals surface area (Å²) in [6.07, 6.45) is 0. The van der Waals surface area contributed by atoms with Gasteiger partial charge in [0.25, 0.3) is 0 Å². The van der Waals surface area contributed by atoms with Gasteiger partial charge in [0.1, 0.15) is 0 Å². The molecule has 1 N–H and O–H groups in total. The Bertz CT molecular complexity index is 491. The van der Waals surface area contributed by atoms with E-state index < -0.39 is 0 Å². The summed E-state index contributed by atoms with van der Waals surface area (Å²) in [6.45, 7) is 2.73. The fourth-order valence-electron chi connectivity index (χ4n) is 1.58. The summed E-state index contributed by atoms with van der Waals surface area (Å²) in [4.78, 5) is 8.42. The quantitative estimate of drug-likeness (QED) is 0.791. The summed E-state index contributed by atoms with van der Waals surface area (Å²) in [5.41, 5.74) is 3.01. The number of nitrogens with zero attached hydrogens (tertiary/aromatic N) is 2. The summed E-state index contributed by atoms with van der Waals surface area (Å²) < 4.78 is 0.